The van der Waals surface area contributed by atoms with E-state index in [0.29, 0.717) is 5.56 Å². The Hall–Kier alpha value is -1.70. The van der Waals surface area contributed by atoms with Crippen molar-refractivity contribution in [2.45, 2.75) is 25.8 Å². The Labute approximate surface area is 111 Å². The van der Waals surface area contributed by atoms with Crippen LogP contribution in [0.4, 0.5) is 0 Å². The molecule has 0 fully saturated rings. The van der Waals surface area contributed by atoms with Gasteiger partial charge in [-0.25, -0.2) is 4.98 Å². The summed E-state index contributed by atoms with van der Waals surface area (Å²) < 4.78 is 0. The van der Waals surface area contributed by atoms with Gasteiger partial charge in [0.1, 0.15) is 5.01 Å². The highest BCUT2D eigenvalue weighted by Gasteiger charge is 2.10. The summed E-state index contributed by atoms with van der Waals surface area (Å²) in [5.74, 6) is 0. The molecule has 0 aliphatic carbocycles. The standard InChI is InChI=1S/C14H15N3S/c1-2-3-12(16)14-17-13(9-18-14)11-6-4-10(8-15)5-7-11/h4-7,9,12H,2-3,16H2,1H3. The average Bonchev–Trinajstić information content (AvgIpc) is 2.89. The Morgan fingerprint density at radius 1 is 1.39 bits per heavy atom. The lowest BCUT2D eigenvalue weighted by Gasteiger charge is -2.05. The van der Waals surface area contributed by atoms with Crippen molar-refractivity contribution in [3.8, 4) is 17.3 Å². The molecule has 1 aromatic heterocycles. The van der Waals surface area contributed by atoms with Gasteiger partial charge >= 0.3 is 0 Å². The number of aromatic nitrogens is 1. The summed E-state index contributed by atoms with van der Waals surface area (Å²) >= 11 is 1.60. The van der Waals surface area contributed by atoms with Crippen LogP contribution in [0.25, 0.3) is 11.3 Å². The predicted octanol–water partition coefficient (Wildman–Crippen LogP) is 3.48. The molecule has 0 radical (unpaired) electrons. The SMILES string of the molecule is CCCC(N)c1nc(-c2ccc(C#N)cc2)cs1. The normalized spacial score (nSPS) is 12.1. The number of thiazole rings is 1. The van der Waals surface area contributed by atoms with E-state index < -0.39 is 0 Å². The highest BCUT2D eigenvalue weighted by Crippen LogP contribution is 2.26. The Kier molecular flexibility index (Phi) is 4.08. The smallest absolute Gasteiger partial charge is 0.110 e. The maximum Gasteiger partial charge on any atom is 0.110 e. The zero-order valence-corrected chi connectivity index (χ0v) is 11.1. The van der Waals surface area contributed by atoms with Crippen molar-refractivity contribution in [2.75, 3.05) is 0 Å². The number of nitriles is 1. The van der Waals surface area contributed by atoms with Gasteiger partial charge in [-0.2, -0.15) is 5.26 Å². The van der Waals surface area contributed by atoms with Crippen LogP contribution in [-0.4, -0.2) is 4.98 Å². The second kappa shape index (κ2) is 5.76. The fourth-order valence-electron chi connectivity index (χ4n) is 1.74. The third-order valence-electron chi connectivity index (χ3n) is 2.75. The van der Waals surface area contributed by atoms with Crippen LogP contribution >= 0.6 is 11.3 Å². The van der Waals surface area contributed by atoms with Gasteiger partial charge in [0.05, 0.1) is 23.4 Å². The summed E-state index contributed by atoms with van der Waals surface area (Å²) in [7, 11) is 0. The molecule has 3 nitrogen and oxygen atoms in total. The molecule has 1 aromatic carbocycles. The molecule has 4 heteroatoms. The first-order valence-corrected chi connectivity index (χ1v) is 6.84. The highest BCUT2D eigenvalue weighted by atomic mass is 32.1. The van der Waals surface area contributed by atoms with Gasteiger partial charge in [0.25, 0.3) is 0 Å². The fraction of sp³-hybridized carbons (Fsp3) is 0.286. The number of nitrogens with zero attached hydrogens (tertiary/aromatic N) is 2. The molecule has 92 valence electrons. The number of hydrogen-bond acceptors (Lipinski definition) is 4. The lowest BCUT2D eigenvalue weighted by molar-refractivity contribution is 0.635. The Bertz CT molecular complexity index is 551. The first-order valence-electron chi connectivity index (χ1n) is 5.96. The third kappa shape index (κ3) is 2.76. The highest BCUT2D eigenvalue weighted by molar-refractivity contribution is 7.10. The zero-order chi connectivity index (χ0) is 13.0. The molecule has 0 aliphatic rings. The second-order valence-electron chi connectivity index (χ2n) is 4.16. The molecule has 0 bridgehead atoms. The quantitative estimate of drug-likeness (QED) is 0.912. The van der Waals surface area contributed by atoms with Gasteiger partial charge in [-0.3, -0.25) is 0 Å². The van der Waals surface area contributed by atoms with Crippen molar-refractivity contribution < 1.29 is 0 Å². The van der Waals surface area contributed by atoms with Crippen LogP contribution in [0, 0.1) is 11.3 Å². The minimum atomic E-state index is 0.0344. The molecular formula is C14H15N3S. The van der Waals surface area contributed by atoms with Crippen LogP contribution in [0.1, 0.15) is 36.4 Å². The van der Waals surface area contributed by atoms with E-state index in [0.717, 1.165) is 29.1 Å². The fourth-order valence-corrected chi connectivity index (χ4v) is 2.61. The van der Waals surface area contributed by atoms with E-state index >= 15 is 0 Å². The van der Waals surface area contributed by atoms with Crippen LogP contribution in [0.3, 0.4) is 0 Å². The minimum absolute atomic E-state index is 0.0344. The van der Waals surface area contributed by atoms with Gasteiger partial charge in [0, 0.05) is 10.9 Å². The topological polar surface area (TPSA) is 62.7 Å². The summed E-state index contributed by atoms with van der Waals surface area (Å²) in [6.45, 7) is 2.12. The first kappa shape index (κ1) is 12.7. The largest absolute Gasteiger partial charge is 0.322 e. The monoisotopic (exact) mass is 257 g/mol. The second-order valence-corrected chi connectivity index (χ2v) is 5.04. The van der Waals surface area contributed by atoms with Crippen LogP contribution in [0.15, 0.2) is 29.6 Å². The van der Waals surface area contributed by atoms with Crippen molar-refractivity contribution in [1.82, 2.24) is 4.98 Å². The Balaban J connectivity index is 2.21. The Morgan fingerprint density at radius 3 is 2.72 bits per heavy atom. The molecule has 18 heavy (non-hydrogen) atoms. The van der Waals surface area contributed by atoms with E-state index in [-0.39, 0.29) is 6.04 Å². The summed E-state index contributed by atoms with van der Waals surface area (Å²) in [4.78, 5) is 4.57. The van der Waals surface area contributed by atoms with Crippen molar-refractivity contribution in [3.63, 3.8) is 0 Å². The first-order chi connectivity index (χ1) is 8.74. The summed E-state index contributed by atoms with van der Waals surface area (Å²) in [5.41, 5.74) is 8.68. The molecule has 1 unspecified atom stereocenters. The Morgan fingerprint density at radius 2 is 2.11 bits per heavy atom. The number of benzene rings is 1. The van der Waals surface area contributed by atoms with E-state index in [4.69, 9.17) is 11.0 Å². The van der Waals surface area contributed by atoms with Gasteiger partial charge in [-0.1, -0.05) is 25.5 Å². The summed E-state index contributed by atoms with van der Waals surface area (Å²) in [6.07, 6.45) is 2.02. The molecule has 0 spiro atoms. The van der Waals surface area contributed by atoms with Crippen molar-refractivity contribution in [3.05, 3.63) is 40.2 Å². The van der Waals surface area contributed by atoms with E-state index in [1.54, 1.807) is 23.5 Å². The van der Waals surface area contributed by atoms with Gasteiger partial charge < -0.3 is 5.73 Å². The summed E-state index contributed by atoms with van der Waals surface area (Å²) in [5, 5.41) is 11.8. The molecule has 0 saturated heterocycles. The van der Waals surface area contributed by atoms with E-state index in [1.165, 1.54) is 0 Å². The lowest BCUT2D eigenvalue weighted by atomic mass is 10.1. The van der Waals surface area contributed by atoms with E-state index in [1.807, 2.05) is 17.5 Å². The van der Waals surface area contributed by atoms with Crippen LogP contribution in [0.2, 0.25) is 0 Å². The number of rotatable bonds is 4. The molecule has 2 aromatic rings. The van der Waals surface area contributed by atoms with Gasteiger partial charge in [0.15, 0.2) is 0 Å². The van der Waals surface area contributed by atoms with E-state index in [2.05, 4.69) is 18.0 Å². The van der Waals surface area contributed by atoms with E-state index in [9.17, 15) is 0 Å². The van der Waals surface area contributed by atoms with Gasteiger partial charge in [-0.05, 0) is 18.6 Å². The molecule has 0 saturated carbocycles. The van der Waals surface area contributed by atoms with Crippen molar-refractivity contribution >= 4 is 11.3 Å². The summed E-state index contributed by atoms with van der Waals surface area (Å²) in [6, 6.07) is 9.59. The van der Waals surface area contributed by atoms with Crippen LogP contribution in [-0.2, 0) is 0 Å². The number of nitrogens with two attached hydrogens (primary N) is 1. The molecule has 1 heterocycles. The number of hydrogen-bond donors (Lipinski definition) is 1. The maximum absolute atomic E-state index is 8.75. The van der Waals surface area contributed by atoms with Crippen molar-refractivity contribution in [2.24, 2.45) is 5.73 Å². The van der Waals surface area contributed by atoms with Gasteiger partial charge in [0.2, 0.25) is 0 Å². The molecule has 2 rings (SSSR count). The molecular weight excluding hydrogens is 242 g/mol. The minimum Gasteiger partial charge on any atom is -0.322 e. The van der Waals surface area contributed by atoms with Crippen molar-refractivity contribution in [1.29, 1.82) is 5.26 Å². The third-order valence-corrected chi connectivity index (χ3v) is 3.73. The lowest BCUT2D eigenvalue weighted by Crippen LogP contribution is -2.09. The molecule has 2 N–H and O–H groups in total. The average molecular weight is 257 g/mol. The zero-order valence-electron chi connectivity index (χ0n) is 10.3. The molecule has 0 amide bonds. The van der Waals surface area contributed by atoms with Crippen LogP contribution < -0.4 is 5.73 Å². The van der Waals surface area contributed by atoms with Gasteiger partial charge in [-0.15, -0.1) is 11.3 Å². The van der Waals surface area contributed by atoms with Crippen LogP contribution in [0.5, 0.6) is 0 Å². The molecule has 0 aliphatic heterocycles. The predicted molar refractivity (Wildman–Crippen MR) is 74.1 cm³/mol. The molecule has 1 atom stereocenters. The maximum atomic E-state index is 8.75.